The van der Waals surface area contributed by atoms with E-state index in [1.54, 1.807) is 25.4 Å². The van der Waals surface area contributed by atoms with Crippen molar-refractivity contribution in [3.05, 3.63) is 51.2 Å². The highest BCUT2D eigenvalue weighted by atomic mass is 32.1. The van der Waals surface area contributed by atoms with Gasteiger partial charge in [-0.2, -0.15) is 0 Å². The second kappa shape index (κ2) is 4.14. The van der Waals surface area contributed by atoms with Crippen molar-refractivity contribution >= 4 is 17.1 Å². The Hall–Kier alpha value is -1.55. The van der Waals surface area contributed by atoms with Crippen molar-refractivity contribution in [2.75, 3.05) is 0 Å². The fourth-order valence-electron chi connectivity index (χ4n) is 1.44. The summed E-state index contributed by atoms with van der Waals surface area (Å²) in [6, 6.07) is 4.39. The van der Waals surface area contributed by atoms with E-state index in [1.165, 1.54) is 23.5 Å². The van der Waals surface area contributed by atoms with Gasteiger partial charge < -0.3 is 0 Å². The molecule has 0 saturated carbocycles. The zero-order valence-electron chi connectivity index (χ0n) is 8.95. The summed E-state index contributed by atoms with van der Waals surface area (Å²) < 4.78 is 13.1. The molecule has 0 amide bonds. The number of aryl methyl sites for hydroxylation is 2. The van der Waals surface area contributed by atoms with E-state index in [9.17, 15) is 9.18 Å². The Labute approximate surface area is 96.8 Å². The SMILES string of the molecule is Cc1cc(C(=O)c2scnc2C)ccc1F. The van der Waals surface area contributed by atoms with Gasteiger partial charge in [0, 0.05) is 5.56 Å². The molecule has 0 atom stereocenters. The van der Waals surface area contributed by atoms with Crippen LogP contribution in [0.3, 0.4) is 0 Å². The Balaban J connectivity index is 2.42. The lowest BCUT2D eigenvalue weighted by molar-refractivity contribution is 0.104. The summed E-state index contributed by atoms with van der Waals surface area (Å²) in [5.74, 6) is -0.388. The van der Waals surface area contributed by atoms with Crippen LogP contribution in [0.15, 0.2) is 23.7 Å². The Morgan fingerprint density at radius 3 is 2.69 bits per heavy atom. The van der Waals surface area contributed by atoms with Gasteiger partial charge in [0.2, 0.25) is 5.78 Å². The van der Waals surface area contributed by atoms with Gasteiger partial charge in [0.15, 0.2) is 0 Å². The van der Waals surface area contributed by atoms with Gasteiger partial charge in [-0.15, -0.1) is 11.3 Å². The number of benzene rings is 1. The second-order valence-corrected chi connectivity index (χ2v) is 4.41. The number of rotatable bonds is 2. The van der Waals surface area contributed by atoms with Crippen molar-refractivity contribution in [2.45, 2.75) is 13.8 Å². The first-order valence-electron chi connectivity index (χ1n) is 4.80. The molecule has 1 heterocycles. The molecular weight excluding hydrogens is 225 g/mol. The molecule has 0 unspecified atom stereocenters. The predicted molar refractivity (Wildman–Crippen MR) is 61.4 cm³/mol. The highest BCUT2D eigenvalue weighted by Gasteiger charge is 2.14. The van der Waals surface area contributed by atoms with E-state index in [-0.39, 0.29) is 11.6 Å². The number of hydrogen-bond acceptors (Lipinski definition) is 3. The summed E-state index contributed by atoms with van der Waals surface area (Å²) in [5.41, 5.74) is 3.34. The highest BCUT2D eigenvalue weighted by molar-refractivity contribution is 7.12. The molecular formula is C12H10FNOS. The van der Waals surface area contributed by atoms with Crippen molar-refractivity contribution in [3.8, 4) is 0 Å². The van der Waals surface area contributed by atoms with E-state index < -0.39 is 0 Å². The molecule has 0 aliphatic heterocycles. The number of nitrogens with zero attached hydrogens (tertiary/aromatic N) is 1. The van der Waals surface area contributed by atoms with Crippen molar-refractivity contribution in [1.29, 1.82) is 0 Å². The minimum Gasteiger partial charge on any atom is -0.288 e. The molecule has 2 nitrogen and oxygen atoms in total. The highest BCUT2D eigenvalue weighted by Crippen LogP contribution is 2.19. The number of aromatic nitrogens is 1. The predicted octanol–water partition coefficient (Wildman–Crippen LogP) is 3.13. The smallest absolute Gasteiger partial charge is 0.204 e. The standard InChI is InChI=1S/C12H10FNOS/c1-7-5-9(3-4-10(7)13)11(15)12-8(2)14-6-16-12/h3-6H,1-2H3. The van der Waals surface area contributed by atoms with E-state index in [1.807, 2.05) is 0 Å². The van der Waals surface area contributed by atoms with E-state index >= 15 is 0 Å². The number of ketones is 1. The normalized spacial score (nSPS) is 10.4. The number of hydrogen-bond donors (Lipinski definition) is 0. The molecule has 82 valence electrons. The largest absolute Gasteiger partial charge is 0.288 e. The molecule has 1 aromatic heterocycles. The monoisotopic (exact) mass is 235 g/mol. The molecule has 0 bridgehead atoms. The molecule has 0 fully saturated rings. The van der Waals surface area contributed by atoms with Gasteiger partial charge in [-0.1, -0.05) is 0 Å². The topological polar surface area (TPSA) is 30.0 Å². The summed E-state index contributed by atoms with van der Waals surface area (Å²) >= 11 is 1.31. The number of carbonyl (C=O) groups excluding carboxylic acids is 1. The van der Waals surface area contributed by atoms with Crippen LogP contribution in [0.1, 0.15) is 26.5 Å². The van der Waals surface area contributed by atoms with Crippen molar-refractivity contribution in [2.24, 2.45) is 0 Å². The Kier molecular flexibility index (Phi) is 2.83. The lowest BCUT2D eigenvalue weighted by Gasteiger charge is -2.01. The van der Waals surface area contributed by atoms with E-state index in [0.717, 1.165) is 5.69 Å². The summed E-state index contributed by atoms with van der Waals surface area (Å²) in [6.45, 7) is 3.44. The van der Waals surface area contributed by atoms with Crippen LogP contribution in [0.5, 0.6) is 0 Å². The summed E-state index contributed by atoms with van der Waals surface area (Å²) in [4.78, 5) is 16.7. The maximum atomic E-state index is 13.1. The first-order valence-corrected chi connectivity index (χ1v) is 5.68. The zero-order chi connectivity index (χ0) is 11.7. The average Bonchev–Trinajstić information content (AvgIpc) is 2.67. The minimum atomic E-state index is -0.294. The number of carbonyl (C=O) groups is 1. The second-order valence-electron chi connectivity index (χ2n) is 3.56. The van der Waals surface area contributed by atoms with Crippen LogP contribution >= 0.6 is 11.3 Å². The first kappa shape index (κ1) is 11.0. The molecule has 0 aliphatic rings. The van der Waals surface area contributed by atoms with Gasteiger partial charge in [0.05, 0.1) is 16.1 Å². The number of halogens is 1. The molecule has 0 radical (unpaired) electrons. The van der Waals surface area contributed by atoms with Crippen LogP contribution in [0, 0.1) is 19.7 Å². The molecule has 16 heavy (non-hydrogen) atoms. The minimum absolute atomic E-state index is 0.0944. The fourth-order valence-corrected chi connectivity index (χ4v) is 2.20. The fraction of sp³-hybridized carbons (Fsp3) is 0.167. The van der Waals surface area contributed by atoms with E-state index in [0.29, 0.717) is 16.0 Å². The molecule has 2 aromatic rings. The Bertz CT molecular complexity index is 548. The maximum absolute atomic E-state index is 13.1. The average molecular weight is 235 g/mol. The molecule has 0 spiro atoms. The summed E-state index contributed by atoms with van der Waals surface area (Å²) in [5, 5.41) is 0. The third-order valence-corrected chi connectivity index (χ3v) is 3.30. The van der Waals surface area contributed by atoms with Crippen molar-refractivity contribution in [3.63, 3.8) is 0 Å². The van der Waals surface area contributed by atoms with Crippen LogP contribution < -0.4 is 0 Å². The van der Waals surface area contributed by atoms with E-state index in [2.05, 4.69) is 4.98 Å². The molecule has 4 heteroatoms. The van der Waals surface area contributed by atoms with Crippen LogP contribution in [0.25, 0.3) is 0 Å². The number of thiazole rings is 1. The first-order chi connectivity index (χ1) is 7.59. The van der Waals surface area contributed by atoms with Gasteiger partial charge in [-0.3, -0.25) is 4.79 Å². The summed E-state index contributed by atoms with van der Waals surface area (Å²) in [7, 11) is 0. The molecule has 0 N–H and O–H groups in total. The third-order valence-electron chi connectivity index (χ3n) is 2.37. The van der Waals surface area contributed by atoms with Gasteiger partial charge in [-0.25, -0.2) is 9.37 Å². The molecule has 0 saturated heterocycles. The molecule has 1 aromatic carbocycles. The van der Waals surface area contributed by atoms with E-state index in [4.69, 9.17) is 0 Å². The van der Waals surface area contributed by atoms with Gasteiger partial charge in [-0.05, 0) is 37.6 Å². The molecule has 0 aliphatic carbocycles. The third kappa shape index (κ3) is 1.88. The van der Waals surface area contributed by atoms with Crippen LogP contribution in [-0.4, -0.2) is 10.8 Å². The Morgan fingerprint density at radius 2 is 2.12 bits per heavy atom. The quantitative estimate of drug-likeness (QED) is 0.748. The van der Waals surface area contributed by atoms with Gasteiger partial charge in [0.25, 0.3) is 0 Å². The maximum Gasteiger partial charge on any atom is 0.204 e. The summed E-state index contributed by atoms with van der Waals surface area (Å²) in [6.07, 6.45) is 0. The van der Waals surface area contributed by atoms with Crippen LogP contribution in [0.4, 0.5) is 4.39 Å². The van der Waals surface area contributed by atoms with Gasteiger partial charge >= 0.3 is 0 Å². The molecule has 2 rings (SSSR count). The Morgan fingerprint density at radius 1 is 1.38 bits per heavy atom. The van der Waals surface area contributed by atoms with Crippen LogP contribution in [-0.2, 0) is 0 Å². The zero-order valence-corrected chi connectivity index (χ0v) is 9.77. The lowest BCUT2D eigenvalue weighted by Crippen LogP contribution is -2.01. The van der Waals surface area contributed by atoms with Crippen molar-refractivity contribution in [1.82, 2.24) is 4.98 Å². The van der Waals surface area contributed by atoms with Gasteiger partial charge in [0.1, 0.15) is 5.82 Å². The van der Waals surface area contributed by atoms with Crippen LogP contribution in [0.2, 0.25) is 0 Å². The van der Waals surface area contributed by atoms with Crippen molar-refractivity contribution < 1.29 is 9.18 Å². The lowest BCUT2D eigenvalue weighted by atomic mass is 10.1.